The number of imidazole rings is 1. The van der Waals surface area contributed by atoms with Gasteiger partial charge in [-0.2, -0.15) is 0 Å². The molecule has 6 nitrogen and oxygen atoms in total. The number of carbonyl (C=O) groups excluding carboxylic acids is 1. The fraction of sp³-hybridized carbons (Fsp3) is 0.360. The summed E-state index contributed by atoms with van der Waals surface area (Å²) in [5.41, 5.74) is 4.20. The van der Waals surface area contributed by atoms with Crippen molar-refractivity contribution in [2.75, 3.05) is 13.1 Å². The largest absolute Gasteiger partial charge is 0.508 e. The molecule has 0 radical (unpaired) electrons. The second-order valence-corrected chi connectivity index (χ2v) is 8.69. The van der Waals surface area contributed by atoms with Crippen LogP contribution >= 0.6 is 0 Å². The third kappa shape index (κ3) is 3.83. The fourth-order valence-corrected chi connectivity index (χ4v) is 5.11. The number of piperidine rings is 1. The quantitative estimate of drug-likeness (QED) is 0.667. The van der Waals surface area contributed by atoms with E-state index in [1.807, 2.05) is 35.6 Å². The zero-order valence-electron chi connectivity index (χ0n) is 17.4. The number of phenolic OH excluding ortho intramolecular Hbond substituents is 1. The Bertz CT molecular complexity index is 1080. The molecule has 1 fully saturated rings. The number of fused-ring (bicyclic) bond motifs is 3. The van der Waals surface area contributed by atoms with Crippen molar-refractivity contribution in [1.82, 2.24) is 14.5 Å². The minimum atomic E-state index is -0.490. The average molecular weight is 418 g/mol. The number of aliphatic hydroxyl groups is 1. The molecule has 1 amide bonds. The van der Waals surface area contributed by atoms with E-state index >= 15 is 0 Å². The molecule has 2 atom stereocenters. The number of phenols is 1. The lowest BCUT2D eigenvalue weighted by molar-refractivity contribution is -0.132. The van der Waals surface area contributed by atoms with Crippen molar-refractivity contribution >= 4 is 5.91 Å². The van der Waals surface area contributed by atoms with Gasteiger partial charge in [-0.1, -0.05) is 36.4 Å². The summed E-state index contributed by atoms with van der Waals surface area (Å²) in [7, 11) is 0. The zero-order chi connectivity index (χ0) is 21.4. The van der Waals surface area contributed by atoms with Crippen LogP contribution in [0.2, 0.25) is 0 Å². The number of benzene rings is 2. The zero-order valence-corrected chi connectivity index (χ0v) is 17.4. The molecule has 2 aromatic carbocycles. The van der Waals surface area contributed by atoms with E-state index in [4.69, 9.17) is 0 Å². The van der Waals surface area contributed by atoms with Crippen LogP contribution in [0.15, 0.2) is 61.1 Å². The predicted molar refractivity (Wildman–Crippen MR) is 118 cm³/mol. The Balaban J connectivity index is 1.19. The van der Waals surface area contributed by atoms with Crippen LogP contribution in [0.5, 0.6) is 5.75 Å². The van der Waals surface area contributed by atoms with E-state index in [2.05, 4.69) is 21.7 Å². The van der Waals surface area contributed by atoms with E-state index in [9.17, 15) is 15.0 Å². The Hall–Kier alpha value is -3.12. The summed E-state index contributed by atoms with van der Waals surface area (Å²) in [4.78, 5) is 18.8. The Labute approximate surface area is 181 Å². The molecular formula is C25H27N3O3. The monoisotopic (exact) mass is 417 g/mol. The molecule has 2 aliphatic rings. The fourth-order valence-electron chi connectivity index (χ4n) is 5.11. The Morgan fingerprint density at radius 2 is 1.94 bits per heavy atom. The number of likely N-dealkylation sites (tertiary alicyclic amines) is 1. The van der Waals surface area contributed by atoms with E-state index in [1.54, 1.807) is 18.2 Å². The number of amides is 1. The van der Waals surface area contributed by atoms with Crippen LogP contribution in [0.4, 0.5) is 0 Å². The van der Waals surface area contributed by atoms with Crippen molar-refractivity contribution < 1.29 is 15.0 Å². The second kappa shape index (κ2) is 8.19. The molecule has 6 heteroatoms. The van der Waals surface area contributed by atoms with E-state index < -0.39 is 6.10 Å². The number of aromatic hydroxyl groups is 1. The summed E-state index contributed by atoms with van der Waals surface area (Å²) in [6.07, 6.45) is 6.00. The first-order valence-electron chi connectivity index (χ1n) is 10.9. The van der Waals surface area contributed by atoms with Gasteiger partial charge in [0, 0.05) is 18.7 Å². The van der Waals surface area contributed by atoms with Crippen LogP contribution in [0.25, 0.3) is 11.3 Å². The van der Waals surface area contributed by atoms with Gasteiger partial charge >= 0.3 is 0 Å². The highest BCUT2D eigenvalue weighted by molar-refractivity contribution is 5.79. The molecule has 2 unspecified atom stereocenters. The van der Waals surface area contributed by atoms with Gasteiger partial charge in [-0.25, -0.2) is 4.98 Å². The van der Waals surface area contributed by atoms with Crippen molar-refractivity contribution in [1.29, 1.82) is 0 Å². The molecule has 3 heterocycles. The molecule has 2 N–H and O–H groups in total. The van der Waals surface area contributed by atoms with Crippen LogP contribution in [0.3, 0.4) is 0 Å². The number of hydrogen-bond acceptors (Lipinski definition) is 4. The second-order valence-electron chi connectivity index (χ2n) is 8.69. The number of aliphatic hydroxyl groups excluding tert-OH is 1. The maximum absolute atomic E-state index is 12.6. The number of aromatic nitrogens is 2. The summed E-state index contributed by atoms with van der Waals surface area (Å²) < 4.78 is 2.09. The predicted octanol–water partition coefficient (Wildman–Crippen LogP) is 3.39. The van der Waals surface area contributed by atoms with E-state index in [1.165, 1.54) is 0 Å². The molecule has 0 bridgehead atoms. The summed E-state index contributed by atoms with van der Waals surface area (Å²) in [6.45, 7) is 1.43. The van der Waals surface area contributed by atoms with Gasteiger partial charge in [0.1, 0.15) is 5.75 Å². The summed E-state index contributed by atoms with van der Waals surface area (Å²) in [5, 5.41) is 20.8. The van der Waals surface area contributed by atoms with Gasteiger partial charge in [0.05, 0.1) is 36.8 Å². The Kier molecular flexibility index (Phi) is 5.24. The molecule has 1 aromatic heterocycles. The summed E-state index contributed by atoms with van der Waals surface area (Å²) in [6, 6.07) is 15.0. The van der Waals surface area contributed by atoms with Crippen LogP contribution in [0, 0.1) is 5.92 Å². The van der Waals surface area contributed by atoms with E-state index in [0.717, 1.165) is 35.2 Å². The Morgan fingerprint density at radius 1 is 1.13 bits per heavy atom. The maximum atomic E-state index is 12.6. The summed E-state index contributed by atoms with van der Waals surface area (Å²) in [5.74, 6) is 0.671. The number of rotatable bonds is 5. The molecule has 5 rings (SSSR count). The molecule has 0 saturated carbocycles. The van der Waals surface area contributed by atoms with Crippen LogP contribution in [0.1, 0.15) is 36.4 Å². The third-order valence-electron chi connectivity index (χ3n) is 6.69. The van der Waals surface area contributed by atoms with Crippen LogP contribution in [-0.2, 0) is 11.2 Å². The standard InChI is InChI=1S/C25H27N3O3/c29-19-5-3-4-18(12-19)14-24(31)27-10-8-17(9-11-27)13-23(30)25-21-7-2-1-6-20(21)22-15-26-16-28(22)25/h1-7,12,15-17,23,25,29-30H,8-11,13-14H2. The average Bonchev–Trinajstić information content (AvgIpc) is 3.35. The highest BCUT2D eigenvalue weighted by Crippen LogP contribution is 2.42. The van der Waals surface area contributed by atoms with Gasteiger partial charge in [-0.05, 0) is 48.4 Å². The molecule has 160 valence electrons. The lowest BCUT2D eigenvalue weighted by Crippen LogP contribution is -2.40. The molecule has 2 aliphatic heterocycles. The van der Waals surface area contributed by atoms with Crippen LogP contribution in [-0.4, -0.2) is 49.8 Å². The molecule has 0 aliphatic carbocycles. The van der Waals surface area contributed by atoms with Crippen molar-refractivity contribution in [3.05, 3.63) is 72.2 Å². The molecular weight excluding hydrogens is 390 g/mol. The molecule has 31 heavy (non-hydrogen) atoms. The summed E-state index contributed by atoms with van der Waals surface area (Å²) >= 11 is 0. The minimum absolute atomic E-state index is 0.0948. The number of carbonyl (C=O) groups is 1. The highest BCUT2D eigenvalue weighted by Gasteiger charge is 2.35. The minimum Gasteiger partial charge on any atom is -0.508 e. The van der Waals surface area contributed by atoms with E-state index in [0.29, 0.717) is 31.8 Å². The SMILES string of the molecule is O=C(Cc1cccc(O)c1)N1CCC(CC(O)C2c3ccccc3-c3cncn32)CC1. The molecule has 1 saturated heterocycles. The molecule has 3 aromatic rings. The van der Waals surface area contributed by atoms with E-state index in [-0.39, 0.29) is 17.7 Å². The lowest BCUT2D eigenvalue weighted by Gasteiger charge is -2.34. The lowest BCUT2D eigenvalue weighted by atomic mass is 9.87. The van der Waals surface area contributed by atoms with Gasteiger partial charge in [0.25, 0.3) is 0 Å². The van der Waals surface area contributed by atoms with Gasteiger partial charge in [-0.15, -0.1) is 0 Å². The van der Waals surface area contributed by atoms with Gasteiger partial charge in [-0.3, -0.25) is 4.79 Å². The first-order chi connectivity index (χ1) is 15.1. The van der Waals surface area contributed by atoms with Gasteiger partial charge < -0.3 is 19.7 Å². The first-order valence-corrected chi connectivity index (χ1v) is 10.9. The smallest absolute Gasteiger partial charge is 0.226 e. The highest BCUT2D eigenvalue weighted by atomic mass is 16.3. The van der Waals surface area contributed by atoms with Gasteiger partial charge in [0.15, 0.2) is 0 Å². The number of hydrogen-bond donors (Lipinski definition) is 2. The first kappa shape index (κ1) is 19.8. The molecule has 0 spiro atoms. The van der Waals surface area contributed by atoms with Crippen molar-refractivity contribution in [3.8, 4) is 17.0 Å². The van der Waals surface area contributed by atoms with Crippen molar-refractivity contribution in [2.45, 2.75) is 37.8 Å². The Morgan fingerprint density at radius 3 is 2.74 bits per heavy atom. The maximum Gasteiger partial charge on any atom is 0.226 e. The van der Waals surface area contributed by atoms with Crippen molar-refractivity contribution in [3.63, 3.8) is 0 Å². The normalized spacial score (nSPS) is 19.1. The van der Waals surface area contributed by atoms with Gasteiger partial charge in [0.2, 0.25) is 5.91 Å². The van der Waals surface area contributed by atoms with Crippen molar-refractivity contribution in [2.24, 2.45) is 5.92 Å². The third-order valence-corrected chi connectivity index (χ3v) is 6.69. The topological polar surface area (TPSA) is 78.6 Å². The van der Waals surface area contributed by atoms with Crippen LogP contribution < -0.4 is 0 Å². The number of nitrogens with zero attached hydrogens (tertiary/aromatic N) is 3.